The number of anilines is 2. The average molecular weight is 177 g/mol. The lowest BCUT2D eigenvalue weighted by molar-refractivity contribution is 0.691. The van der Waals surface area contributed by atoms with Gasteiger partial charge in [-0.05, 0) is 37.8 Å². The smallest absolute Gasteiger partial charge is 0.149 e. The Bertz CT molecular complexity index is 294. The summed E-state index contributed by atoms with van der Waals surface area (Å²) in [5, 5.41) is 3.34. The molecule has 0 bridgehead atoms. The minimum Gasteiger partial charge on any atom is -0.396 e. The van der Waals surface area contributed by atoms with Gasteiger partial charge in [-0.15, -0.1) is 0 Å². The maximum atomic E-state index is 5.76. The fraction of sp³-hybridized carbons (Fsp3) is 0.500. The molecule has 1 aliphatic carbocycles. The molecule has 0 spiro atoms. The third-order valence-corrected chi connectivity index (χ3v) is 2.53. The van der Waals surface area contributed by atoms with Crippen LogP contribution in [0.4, 0.5) is 11.5 Å². The van der Waals surface area contributed by atoms with E-state index in [1.165, 1.54) is 12.8 Å². The maximum Gasteiger partial charge on any atom is 0.149 e. The first-order valence-electron chi connectivity index (χ1n) is 4.74. The van der Waals surface area contributed by atoms with Crippen molar-refractivity contribution in [3.05, 3.63) is 18.3 Å². The van der Waals surface area contributed by atoms with Crippen LogP contribution in [0.3, 0.4) is 0 Å². The van der Waals surface area contributed by atoms with Gasteiger partial charge in [0, 0.05) is 12.2 Å². The summed E-state index contributed by atoms with van der Waals surface area (Å²) in [5.74, 6) is 1.64. The van der Waals surface area contributed by atoms with Crippen molar-refractivity contribution in [2.45, 2.75) is 25.8 Å². The third kappa shape index (κ3) is 1.91. The topological polar surface area (TPSA) is 50.9 Å². The molecule has 13 heavy (non-hydrogen) atoms. The molecule has 1 atom stereocenters. The molecule has 1 unspecified atom stereocenters. The predicted octanol–water partition coefficient (Wildman–Crippen LogP) is 1.87. The molecule has 3 N–H and O–H groups in total. The van der Waals surface area contributed by atoms with Crippen LogP contribution in [0.2, 0.25) is 0 Å². The highest BCUT2D eigenvalue weighted by Gasteiger charge is 2.28. The number of aromatic nitrogens is 1. The molecule has 2 rings (SSSR count). The van der Waals surface area contributed by atoms with Crippen LogP contribution in [0.25, 0.3) is 0 Å². The van der Waals surface area contributed by atoms with Crippen LogP contribution >= 0.6 is 0 Å². The number of rotatable bonds is 3. The van der Waals surface area contributed by atoms with Crippen molar-refractivity contribution >= 4 is 11.5 Å². The van der Waals surface area contributed by atoms with Crippen LogP contribution < -0.4 is 11.1 Å². The first-order chi connectivity index (χ1) is 6.27. The van der Waals surface area contributed by atoms with Crippen molar-refractivity contribution in [2.75, 3.05) is 11.1 Å². The van der Waals surface area contributed by atoms with Gasteiger partial charge in [-0.1, -0.05) is 0 Å². The standard InChI is InChI=1S/C10H15N3/c1-7(8-4-5-8)13-10-9(11)3-2-6-12-10/h2-3,6-8H,4-5,11H2,1H3,(H,12,13). The summed E-state index contributed by atoms with van der Waals surface area (Å²) in [6.45, 7) is 2.19. The highest BCUT2D eigenvalue weighted by molar-refractivity contribution is 5.60. The van der Waals surface area contributed by atoms with Crippen molar-refractivity contribution in [1.82, 2.24) is 4.98 Å². The Hall–Kier alpha value is -1.25. The quantitative estimate of drug-likeness (QED) is 0.741. The third-order valence-electron chi connectivity index (χ3n) is 2.53. The average Bonchev–Trinajstić information content (AvgIpc) is 2.91. The predicted molar refractivity (Wildman–Crippen MR) is 54.5 cm³/mol. The van der Waals surface area contributed by atoms with Crippen LogP contribution in [-0.4, -0.2) is 11.0 Å². The second-order valence-electron chi connectivity index (χ2n) is 3.71. The number of hydrogen-bond acceptors (Lipinski definition) is 3. The molecule has 3 heteroatoms. The second kappa shape index (κ2) is 3.24. The number of hydrogen-bond donors (Lipinski definition) is 2. The first-order valence-corrected chi connectivity index (χ1v) is 4.74. The van der Waals surface area contributed by atoms with Gasteiger partial charge < -0.3 is 11.1 Å². The molecule has 70 valence electrons. The summed E-state index contributed by atoms with van der Waals surface area (Å²) in [6.07, 6.45) is 4.43. The van der Waals surface area contributed by atoms with Crippen LogP contribution in [0.15, 0.2) is 18.3 Å². The molecule has 1 aromatic heterocycles. The lowest BCUT2D eigenvalue weighted by atomic mass is 10.2. The van der Waals surface area contributed by atoms with Gasteiger partial charge in [-0.2, -0.15) is 0 Å². The molecule has 0 saturated heterocycles. The van der Waals surface area contributed by atoms with Gasteiger partial charge in [0.25, 0.3) is 0 Å². The van der Waals surface area contributed by atoms with E-state index in [-0.39, 0.29) is 0 Å². The fourth-order valence-electron chi connectivity index (χ4n) is 1.47. The summed E-state index contributed by atoms with van der Waals surface area (Å²) in [7, 11) is 0. The number of nitrogens with zero attached hydrogens (tertiary/aromatic N) is 1. The van der Waals surface area contributed by atoms with E-state index in [2.05, 4.69) is 17.2 Å². The second-order valence-corrected chi connectivity index (χ2v) is 3.71. The van der Waals surface area contributed by atoms with E-state index in [1.807, 2.05) is 12.1 Å². The summed E-state index contributed by atoms with van der Waals surface area (Å²) >= 11 is 0. The zero-order valence-electron chi connectivity index (χ0n) is 7.83. The van der Waals surface area contributed by atoms with E-state index in [4.69, 9.17) is 5.73 Å². The lowest BCUT2D eigenvalue weighted by Gasteiger charge is -2.14. The van der Waals surface area contributed by atoms with Crippen molar-refractivity contribution in [2.24, 2.45) is 5.92 Å². The van der Waals surface area contributed by atoms with Crippen molar-refractivity contribution in [3.63, 3.8) is 0 Å². The van der Waals surface area contributed by atoms with Gasteiger partial charge in [0.05, 0.1) is 5.69 Å². The Morgan fingerprint density at radius 2 is 2.38 bits per heavy atom. The summed E-state index contributed by atoms with van der Waals surface area (Å²) < 4.78 is 0. The molecule has 0 radical (unpaired) electrons. The summed E-state index contributed by atoms with van der Waals surface area (Å²) in [5.41, 5.74) is 6.50. The van der Waals surface area contributed by atoms with E-state index < -0.39 is 0 Å². The molecule has 1 heterocycles. The van der Waals surface area contributed by atoms with E-state index in [1.54, 1.807) is 6.20 Å². The molecular weight excluding hydrogens is 162 g/mol. The minimum atomic E-state index is 0.497. The van der Waals surface area contributed by atoms with Crippen LogP contribution in [0.5, 0.6) is 0 Å². The highest BCUT2D eigenvalue weighted by Crippen LogP contribution is 2.34. The minimum absolute atomic E-state index is 0.497. The molecule has 0 aromatic carbocycles. The summed E-state index contributed by atoms with van der Waals surface area (Å²) in [4.78, 5) is 4.19. The number of pyridine rings is 1. The molecule has 1 aliphatic rings. The van der Waals surface area contributed by atoms with E-state index in [0.717, 1.165) is 17.4 Å². The van der Waals surface area contributed by atoms with Crippen molar-refractivity contribution in [1.29, 1.82) is 0 Å². The number of nitrogens with one attached hydrogen (secondary N) is 1. The van der Waals surface area contributed by atoms with E-state index in [0.29, 0.717) is 6.04 Å². The van der Waals surface area contributed by atoms with Crippen LogP contribution in [0.1, 0.15) is 19.8 Å². The summed E-state index contributed by atoms with van der Waals surface area (Å²) in [6, 6.07) is 4.22. The van der Waals surface area contributed by atoms with Crippen LogP contribution in [-0.2, 0) is 0 Å². The largest absolute Gasteiger partial charge is 0.396 e. The number of nitrogen functional groups attached to an aromatic ring is 1. The normalized spacial score (nSPS) is 18.2. The molecule has 1 saturated carbocycles. The van der Waals surface area contributed by atoms with Gasteiger partial charge in [-0.25, -0.2) is 4.98 Å². The van der Waals surface area contributed by atoms with Gasteiger partial charge in [0.15, 0.2) is 0 Å². The number of nitrogens with two attached hydrogens (primary N) is 1. The Labute approximate surface area is 78.4 Å². The monoisotopic (exact) mass is 177 g/mol. The molecular formula is C10H15N3. The highest BCUT2D eigenvalue weighted by atomic mass is 15.0. The molecule has 0 amide bonds. The zero-order chi connectivity index (χ0) is 9.26. The van der Waals surface area contributed by atoms with E-state index >= 15 is 0 Å². The molecule has 3 nitrogen and oxygen atoms in total. The fourth-order valence-corrected chi connectivity index (χ4v) is 1.47. The Balaban J connectivity index is 2.03. The van der Waals surface area contributed by atoms with Crippen molar-refractivity contribution in [3.8, 4) is 0 Å². The molecule has 0 aliphatic heterocycles. The van der Waals surface area contributed by atoms with E-state index in [9.17, 15) is 0 Å². The molecule has 1 aromatic rings. The van der Waals surface area contributed by atoms with Gasteiger partial charge in [0.2, 0.25) is 0 Å². The lowest BCUT2D eigenvalue weighted by Crippen LogP contribution is -2.18. The SMILES string of the molecule is CC(Nc1ncccc1N)C1CC1. The van der Waals surface area contributed by atoms with Gasteiger partial charge in [-0.3, -0.25) is 0 Å². The Morgan fingerprint density at radius 1 is 1.62 bits per heavy atom. The Morgan fingerprint density at radius 3 is 3.00 bits per heavy atom. The van der Waals surface area contributed by atoms with Crippen molar-refractivity contribution < 1.29 is 0 Å². The maximum absolute atomic E-state index is 5.76. The Kier molecular flexibility index (Phi) is 2.08. The molecule has 1 fully saturated rings. The zero-order valence-corrected chi connectivity index (χ0v) is 7.83. The van der Waals surface area contributed by atoms with Crippen LogP contribution in [0, 0.1) is 5.92 Å². The van der Waals surface area contributed by atoms with Gasteiger partial charge in [0.1, 0.15) is 5.82 Å². The first kappa shape index (κ1) is 8.35. The van der Waals surface area contributed by atoms with Gasteiger partial charge >= 0.3 is 0 Å².